The highest BCUT2D eigenvalue weighted by Crippen LogP contribution is 2.39. The fourth-order valence-electron chi connectivity index (χ4n) is 5.37. The van der Waals surface area contributed by atoms with Crippen molar-refractivity contribution in [2.75, 3.05) is 11.9 Å². The highest BCUT2D eigenvalue weighted by molar-refractivity contribution is 7.80. The summed E-state index contributed by atoms with van der Waals surface area (Å²) in [6.07, 6.45) is 3.92. The maximum atomic E-state index is 13.2. The summed E-state index contributed by atoms with van der Waals surface area (Å²) in [5.74, 6) is -1.08. The van der Waals surface area contributed by atoms with Gasteiger partial charge in [-0.2, -0.15) is 0 Å². The maximum absolute atomic E-state index is 13.2. The molecule has 3 N–H and O–H groups in total. The largest absolute Gasteiger partial charge is 0.478 e. The lowest BCUT2D eigenvalue weighted by Crippen LogP contribution is -2.33. The van der Waals surface area contributed by atoms with Crippen molar-refractivity contribution in [2.24, 2.45) is 0 Å². The van der Waals surface area contributed by atoms with Crippen LogP contribution in [0.2, 0.25) is 0 Å². The SMILES string of the molecule is O=C(CCN1C(=S)N[C@@H](c2ccccn2)[C@@H]1c1cccn1-c1ccc(C(=O)O)cc1)Nc1cccc2ccccc12. The molecule has 2 atom stereocenters. The molecular formula is C32H27N5O3S. The number of carboxylic acid groups (broad SMARTS) is 1. The molecule has 41 heavy (non-hydrogen) atoms. The van der Waals surface area contributed by atoms with E-state index in [9.17, 15) is 14.7 Å². The smallest absolute Gasteiger partial charge is 0.335 e. The first kappa shape index (κ1) is 26.2. The van der Waals surface area contributed by atoms with Gasteiger partial charge in [0.05, 0.1) is 23.3 Å². The summed E-state index contributed by atoms with van der Waals surface area (Å²) >= 11 is 5.80. The average molecular weight is 562 g/mol. The number of pyridine rings is 1. The number of hydrogen-bond donors (Lipinski definition) is 3. The van der Waals surface area contributed by atoms with E-state index in [-0.39, 0.29) is 30.0 Å². The molecule has 0 aliphatic carbocycles. The van der Waals surface area contributed by atoms with Gasteiger partial charge in [-0.1, -0.05) is 42.5 Å². The fourth-order valence-corrected chi connectivity index (χ4v) is 5.70. The number of thiocarbonyl (C=S) groups is 1. The summed E-state index contributed by atoms with van der Waals surface area (Å²) in [5.41, 5.74) is 3.58. The van der Waals surface area contributed by atoms with E-state index in [4.69, 9.17) is 12.2 Å². The second-order valence-corrected chi connectivity index (χ2v) is 10.2. The summed E-state index contributed by atoms with van der Waals surface area (Å²) in [5, 5.41) is 18.4. The van der Waals surface area contributed by atoms with Gasteiger partial charge in [0, 0.05) is 47.8 Å². The van der Waals surface area contributed by atoms with E-state index >= 15 is 0 Å². The predicted molar refractivity (Wildman–Crippen MR) is 162 cm³/mol. The first-order valence-corrected chi connectivity index (χ1v) is 13.7. The van der Waals surface area contributed by atoms with E-state index in [0.29, 0.717) is 11.7 Å². The van der Waals surface area contributed by atoms with Crippen LogP contribution in [0.4, 0.5) is 5.69 Å². The summed E-state index contributed by atoms with van der Waals surface area (Å²) in [4.78, 5) is 31.2. The molecular weight excluding hydrogens is 534 g/mol. The van der Waals surface area contributed by atoms with Crippen molar-refractivity contribution in [1.29, 1.82) is 0 Å². The molecule has 1 aliphatic rings. The van der Waals surface area contributed by atoms with E-state index in [1.165, 1.54) is 0 Å². The quantitative estimate of drug-likeness (QED) is 0.208. The Morgan fingerprint density at radius 3 is 2.49 bits per heavy atom. The van der Waals surface area contributed by atoms with Gasteiger partial charge in [-0.3, -0.25) is 9.78 Å². The van der Waals surface area contributed by atoms with Crippen molar-refractivity contribution in [3.63, 3.8) is 0 Å². The van der Waals surface area contributed by atoms with Crippen LogP contribution in [0.25, 0.3) is 16.5 Å². The van der Waals surface area contributed by atoms with Crippen molar-refractivity contribution < 1.29 is 14.7 Å². The van der Waals surface area contributed by atoms with Gasteiger partial charge in [0.25, 0.3) is 0 Å². The molecule has 1 amide bonds. The second kappa shape index (κ2) is 11.2. The molecule has 1 fully saturated rings. The average Bonchev–Trinajstić information content (AvgIpc) is 3.61. The van der Waals surface area contributed by atoms with E-state index in [1.807, 2.05) is 88.5 Å². The highest BCUT2D eigenvalue weighted by atomic mass is 32.1. The van der Waals surface area contributed by atoms with Gasteiger partial charge in [-0.15, -0.1) is 0 Å². The normalized spacial score (nSPS) is 16.5. The van der Waals surface area contributed by atoms with Gasteiger partial charge in [-0.05, 0) is 72.2 Å². The molecule has 0 spiro atoms. The van der Waals surface area contributed by atoms with Crippen LogP contribution >= 0.6 is 12.2 Å². The lowest BCUT2D eigenvalue weighted by atomic mass is 10.0. The standard InChI is InChI=1S/C32H27N5O3S/c38-28(34-25-11-5-8-21-7-1-2-9-24(21)25)17-20-37-30(29(35-32(37)41)26-10-3-4-18-33-26)27-12-6-19-36(27)23-15-13-22(14-16-23)31(39)40/h1-16,18-19,29-30H,17,20H2,(H,34,38)(H,35,41)(H,39,40)/t29-,30-/m0/s1. The van der Waals surface area contributed by atoms with Crippen LogP contribution in [0.1, 0.15) is 40.3 Å². The lowest BCUT2D eigenvalue weighted by Gasteiger charge is -2.29. The highest BCUT2D eigenvalue weighted by Gasteiger charge is 2.41. The van der Waals surface area contributed by atoms with Crippen LogP contribution in [0.3, 0.4) is 0 Å². The maximum Gasteiger partial charge on any atom is 0.335 e. The molecule has 1 saturated heterocycles. The van der Waals surface area contributed by atoms with E-state index in [2.05, 4.69) is 15.6 Å². The minimum Gasteiger partial charge on any atom is -0.478 e. The van der Waals surface area contributed by atoms with Gasteiger partial charge in [0.15, 0.2) is 5.11 Å². The van der Waals surface area contributed by atoms with Crippen LogP contribution in [-0.2, 0) is 4.79 Å². The van der Waals surface area contributed by atoms with E-state index in [1.54, 1.807) is 30.5 Å². The number of carbonyl (C=O) groups excluding carboxylic acids is 1. The van der Waals surface area contributed by atoms with Crippen molar-refractivity contribution in [2.45, 2.75) is 18.5 Å². The Morgan fingerprint density at radius 1 is 0.927 bits per heavy atom. The topological polar surface area (TPSA) is 99.5 Å². The van der Waals surface area contributed by atoms with Crippen molar-refractivity contribution >= 4 is 45.7 Å². The van der Waals surface area contributed by atoms with E-state index < -0.39 is 5.97 Å². The summed E-state index contributed by atoms with van der Waals surface area (Å²) in [6.45, 7) is 0.388. The third kappa shape index (κ3) is 5.27. The number of nitrogens with zero attached hydrogens (tertiary/aromatic N) is 3. The van der Waals surface area contributed by atoms with Crippen LogP contribution in [0.5, 0.6) is 0 Å². The van der Waals surface area contributed by atoms with Gasteiger partial charge >= 0.3 is 5.97 Å². The summed E-state index contributed by atoms with van der Waals surface area (Å²) < 4.78 is 2.02. The zero-order valence-corrected chi connectivity index (χ0v) is 22.8. The molecule has 5 aromatic rings. The Morgan fingerprint density at radius 2 is 1.71 bits per heavy atom. The van der Waals surface area contributed by atoms with Crippen LogP contribution in [0, 0.1) is 0 Å². The lowest BCUT2D eigenvalue weighted by molar-refractivity contribution is -0.116. The predicted octanol–water partition coefficient (Wildman–Crippen LogP) is 5.73. The number of fused-ring (bicyclic) bond motifs is 1. The zero-order valence-electron chi connectivity index (χ0n) is 22.0. The number of rotatable bonds is 8. The van der Waals surface area contributed by atoms with Crippen molar-refractivity contribution in [3.05, 3.63) is 126 Å². The molecule has 8 nitrogen and oxygen atoms in total. The van der Waals surface area contributed by atoms with Gasteiger partial charge in [-0.25, -0.2) is 4.79 Å². The van der Waals surface area contributed by atoms with Crippen molar-refractivity contribution in [3.8, 4) is 5.69 Å². The monoisotopic (exact) mass is 561 g/mol. The molecule has 204 valence electrons. The first-order valence-electron chi connectivity index (χ1n) is 13.3. The minimum atomic E-state index is -0.974. The molecule has 9 heteroatoms. The summed E-state index contributed by atoms with van der Waals surface area (Å²) in [7, 11) is 0. The molecule has 1 aliphatic heterocycles. The molecule has 2 aromatic heterocycles. The van der Waals surface area contributed by atoms with Gasteiger partial charge < -0.3 is 25.2 Å². The van der Waals surface area contributed by atoms with E-state index in [0.717, 1.165) is 33.5 Å². The molecule has 3 aromatic carbocycles. The number of amides is 1. The molecule has 0 unspecified atom stereocenters. The number of aromatic carboxylic acids is 1. The zero-order chi connectivity index (χ0) is 28.3. The number of hydrogen-bond acceptors (Lipinski definition) is 4. The molecule has 0 radical (unpaired) electrons. The Hall–Kier alpha value is -5.02. The summed E-state index contributed by atoms with van der Waals surface area (Å²) in [6, 6.07) is 29.8. The second-order valence-electron chi connectivity index (χ2n) is 9.80. The minimum absolute atomic E-state index is 0.108. The number of anilines is 1. The Bertz CT molecular complexity index is 1730. The number of carboxylic acids is 1. The van der Waals surface area contributed by atoms with Crippen molar-refractivity contribution in [1.82, 2.24) is 19.8 Å². The van der Waals surface area contributed by atoms with Crippen LogP contribution < -0.4 is 10.6 Å². The molecule has 6 rings (SSSR count). The van der Waals surface area contributed by atoms with Gasteiger partial charge in [0.1, 0.15) is 0 Å². The number of aromatic nitrogens is 2. The van der Waals surface area contributed by atoms with Gasteiger partial charge in [0.2, 0.25) is 5.91 Å². The number of benzene rings is 3. The van der Waals surface area contributed by atoms with Crippen LogP contribution in [-0.4, -0.2) is 43.1 Å². The third-order valence-electron chi connectivity index (χ3n) is 7.32. The molecule has 0 bridgehead atoms. The first-order chi connectivity index (χ1) is 20.0. The number of carbonyl (C=O) groups is 2. The molecule has 0 saturated carbocycles. The Labute approximate surface area is 242 Å². The Balaban J connectivity index is 1.29. The fraction of sp³-hybridized carbons (Fsp3) is 0.125. The Kier molecular flexibility index (Phi) is 7.18. The number of nitrogens with one attached hydrogen (secondary N) is 2. The molecule has 3 heterocycles. The van der Waals surface area contributed by atoms with Crippen LogP contribution in [0.15, 0.2) is 109 Å². The third-order valence-corrected chi connectivity index (χ3v) is 7.67.